The van der Waals surface area contributed by atoms with Gasteiger partial charge in [-0.05, 0) is 26.7 Å². The van der Waals surface area contributed by atoms with E-state index >= 15 is 0 Å². The van der Waals surface area contributed by atoms with E-state index in [4.69, 9.17) is 5.73 Å². The standard InChI is InChI=1S/C8H19N3O2S/c1-7(2)10-14(12,13)11(6-5-9)8-3-4-8/h7-8,10H,3-6,9H2,1-2H3. The normalized spacial score (nSPS) is 18.1. The van der Waals surface area contributed by atoms with Crippen LogP contribution in [-0.2, 0) is 10.2 Å². The smallest absolute Gasteiger partial charge is 0.279 e. The molecule has 6 heteroatoms. The van der Waals surface area contributed by atoms with Gasteiger partial charge in [-0.3, -0.25) is 0 Å². The third kappa shape index (κ3) is 3.20. The van der Waals surface area contributed by atoms with Crippen molar-refractivity contribution in [2.45, 2.75) is 38.8 Å². The van der Waals surface area contributed by atoms with E-state index in [1.165, 1.54) is 4.31 Å². The molecule has 3 N–H and O–H groups in total. The van der Waals surface area contributed by atoms with E-state index in [0.717, 1.165) is 12.8 Å². The molecule has 0 aromatic heterocycles. The van der Waals surface area contributed by atoms with Crippen LogP contribution in [0.1, 0.15) is 26.7 Å². The van der Waals surface area contributed by atoms with Gasteiger partial charge in [0.2, 0.25) is 0 Å². The van der Waals surface area contributed by atoms with Gasteiger partial charge in [0, 0.05) is 25.2 Å². The Hall–Kier alpha value is -0.170. The molecule has 5 nitrogen and oxygen atoms in total. The molecular weight excluding hydrogens is 202 g/mol. The molecule has 0 aliphatic heterocycles. The van der Waals surface area contributed by atoms with Crippen LogP contribution in [0, 0.1) is 0 Å². The Morgan fingerprint density at radius 2 is 2.07 bits per heavy atom. The van der Waals surface area contributed by atoms with Crippen molar-refractivity contribution in [3.63, 3.8) is 0 Å². The van der Waals surface area contributed by atoms with Crippen molar-refractivity contribution >= 4 is 10.2 Å². The van der Waals surface area contributed by atoms with Crippen LogP contribution < -0.4 is 10.5 Å². The molecule has 0 amide bonds. The van der Waals surface area contributed by atoms with Gasteiger partial charge in [-0.15, -0.1) is 0 Å². The van der Waals surface area contributed by atoms with Crippen molar-refractivity contribution in [3.8, 4) is 0 Å². The maximum Gasteiger partial charge on any atom is 0.279 e. The summed E-state index contributed by atoms with van der Waals surface area (Å²) in [5.41, 5.74) is 5.39. The number of rotatable bonds is 6. The molecule has 0 spiro atoms. The monoisotopic (exact) mass is 221 g/mol. The molecule has 1 aliphatic rings. The zero-order chi connectivity index (χ0) is 10.8. The molecule has 0 bridgehead atoms. The molecule has 14 heavy (non-hydrogen) atoms. The van der Waals surface area contributed by atoms with Crippen LogP contribution in [0.2, 0.25) is 0 Å². The Bertz CT molecular complexity index is 272. The van der Waals surface area contributed by atoms with Gasteiger partial charge in [-0.1, -0.05) is 0 Å². The second-order valence-corrected chi connectivity index (χ2v) is 5.56. The topological polar surface area (TPSA) is 75.4 Å². The molecule has 0 saturated heterocycles. The Morgan fingerprint density at radius 1 is 1.50 bits per heavy atom. The summed E-state index contributed by atoms with van der Waals surface area (Å²) >= 11 is 0. The Kier molecular flexibility index (Phi) is 3.88. The first-order valence-electron chi connectivity index (χ1n) is 4.96. The highest BCUT2D eigenvalue weighted by Gasteiger charge is 2.36. The van der Waals surface area contributed by atoms with E-state index in [1.807, 2.05) is 13.8 Å². The van der Waals surface area contributed by atoms with Crippen LogP contribution in [0.15, 0.2) is 0 Å². The molecule has 0 heterocycles. The van der Waals surface area contributed by atoms with E-state index in [9.17, 15) is 8.42 Å². The molecule has 84 valence electrons. The third-order valence-electron chi connectivity index (χ3n) is 2.00. The van der Waals surface area contributed by atoms with Gasteiger partial charge in [0.05, 0.1) is 0 Å². The van der Waals surface area contributed by atoms with Crippen molar-refractivity contribution < 1.29 is 8.42 Å². The fourth-order valence-electron chi connectivity index (χ4n) is 1.35. The van der Waals surface area contributed by atoms with E-state index in [0.29, 0.717) is 13.1 Å². The molecule has 0 atom stereocenters. The predicted molar refractivity (Wildman–Crippen MR) is 56.0 cm³/mol. The first-order valence-corrected chi connectivity index (χ1v) is 6.40. The van der Waals surface area contributed by atoms with Crippen LogP contribution in [0.5, 0.6) is 0 Å². The second-order valence-electron chi connectivity index (χ2n) is 3.91. The van der Waals surface area contributed by atoms with Crippen LogP contribution in [0.4, 0.5) is 0 Å². The van der Waals surface area contributed by atoms with Crippen molar-refractivity contribution in [2.75, 3.05) is 13.1 Å². The molecule has 0 aromatic rings. The highest BCUT2D eigenvalue weighted by atomic mass is 32.2. The lowest BCUT2D eigenvalue weighted by Gasteiger charge is -2.22. The second kappa shape index (κ2) is 4.57. The summed E-state index contributed by atoms with van der Waals surface area (Å²) < 4.78 is 27.6. The summed E-state index contributed by atoms with van der Waals surface area (Å²) in [5.74, 6) is 0. The highest BCUT2D eigenvalue weighted by molar-refractivity contribution is 7.87. The zero-order valence-electron chi connectivity index (χ0n) is 8.73. The molecule has 0 aromatic carbocycles. The lowest BCUT2D eigenvalue weighted by Crippen LogP contribution is -2.46. The van der Waals surface area contributed by atoms with Crippen LogP contribution >= 0.6 is 0 Å². The maximum absolute atomic E-state index is 11.8. The third-order valence-corrected chi connectivity index (χ3v) is 3.86. The molecule has 0 unspecified atom stereocenters. The molecule has 1 aliphatic carbocycles. The summed E-state index contributed by atoms with van der Waals surface area (Å²) in [4.78, 5) is 0. The fraction of sp³-hybridized carbons (Fsp3) is 1.00. The summed E-state index contributed by atoms with van der Waals surface area (Å²) in [5, 5.41) is 0. The van der Waals surface area contributed by atoms with Gasteiger partial charge in [-0.2, -0.15) is 17.4 Å². The zero-order valence-corrected chi connectivity index (χ0v) is 9.55. The minimum Gasteiger partial charge on any atom is -0.329 e. The van der Waals surface area contributed by atoms with Gasteiger partial charge < -0.3 is 5.73 Å². The Morgan fingerprint density at radius 3 is 2.43 bits per heavy atom. The largest absolute Gasteiger partial charge is 0.329 e. The predicted octanol–water partition coefficient (Wildman–Crippen LogP) is -0.348. The minimum atomic E-state index is -3.32. The Balaban J connectivity index is 2.65. The van der Waals surface area contributed by atoms with Crippen molar-refractivity contribution in [2.24, 2.45) is 5.73 Å². The van der Waals surface area contributed by atoms with Crippen molar-refractivity contribution in [3.05, 3.63) is 0 Å². The van der Waals surface area contributed by atoms with Crippen LogP contribution in [-0.4, -0.2) is 37.9 Å². The summed E-state index contributed by atoms with van der Waals surface area (Å²) in [7, 11) is -3.32. The fourth-order valence-corrected chi connectivity index (χ4v) is 3.03. The first kappa shape index (κ1) is 11.9. The summed E-state index contributed by atoms with van der Waals surface area (Å²) in [6.07, 6.45) is 1.91. The van der Waals surface area contributed by atoms with Gasteiger partial charge in [0.25, 0.3) is 10.2 Å². The summed E-state index contributed by atoms with van der Waals surface area (Å²) in [6, 6.07) is 0.105. The van der Waals surface area contributed by atoms with Crippen molar-refractivity contribution in [1.29, 1.82) is 0 Å². The molecule has 1 fully saturated rings. The SMILES string of the molecule is CC(C)NS(=O)(=O)N(CCN)C1CC1. The number of hydrogen-bond donors (Lipinski definition) is 2. The van der Waals surface area contributed by atoms with Gasteiger partial charge in [-0.25, -0.2) is 0 Å². The number of hydrogen-bond acceptors (Lipinski definition) is 3. The minimum absolute atomic E-state index is 0.0703. The molecule has 1 saturated carbocycles. The van der Waals surface area contributed by atoms with E-state index in [1.54, 1.807) is 0 Å². The molecule has 0 radical (unpaired) electrons. The molecular formula is C8H19N3O2S. The molecule has 1 rings (SSSR count). The number of nitrogens with zero attached hydrogens (tertiary/aromatic N) is 1. The van der Waals surface area contributed by atoms with Gasteiger partial charge >= 0.3 is 0 Å². The van der Waals surface area contributed by atoms with E-state index in [-0.39, 0.29) is 12.1 Å². The van der Waals surface area contributed by atoms with E-state index in [2.05, 4.69) is 4.72 Å². The lowest BCUT2D eigenvalue weighted by molar-refractivity contribution is 0.399. The quantitative estimate of drug-likeness (QED) is 0.644. The summed E-state index contributed by atoms with van der Waals surface area (Å²) in [6.45, 7) is 4.40. The van der Waals surface area contributed by atoms with Gasteiger partial charge in [0.1, 0.15) is 0 Å². The number of nitrogens with one attached hydrogen (secondary N) is 1. The van der Waals surface area contributed by atoms with Crippen LogP contribution in [0.3, 0.4) is 0 Å². The first-order chi connectivity index (χ1) is 6.47. The van der Waals surface area contributed by atoms with Crippen molar-refractivity contribution in [1.82, 2.24) is 9.03 Å². The highest BCUT2D eigenvalue weighted by Crippen LogP contribution is 2.28. The van der Waals surface area contributed by atoms with Gasteiger partial charge in [0.15, 0.2) is 0 Å². The maximum atomic E-state index is 11.8. The van der Waals surface area contributed by atoms with Crippen LogP contribution in [0.25, 0.3) is 0 Å². The average Bonchev–Trinajstić information content (AvgIpc) is 2.79. The van der Waals surface area contributed by atoms with E-state index < -0.39 is 10.2 Å². The number of nitrogens with two attached hydrogens (primary N) is 1. The average molecular weight is 221 g/mol. The Labute approximate surface area is 85.8 Å². The lowest BCUT2D eigenvalue weighted by atomic mass is 10.4.